The number of likely N-dealkylation sites (N-methyl/N-ethyl adjacent to an activating group) is 1. The third kappa shape index (κ3) is 4.92. The van der Waals surface area contributed by atoms with E-state index in [1.54, 1.807) is 18.2 Å². The number of rotatable bonds is 6. The minimum absolute atomic E-state index is 0.0498. The van der Waals surface area contributed by atoms with Crippen LogP contribution in [0.5, 0.6) is 0 Å². The van der Waals surface area contributed by atoms with E-state index in [9.17, 15) is 9.59 Å². The molecule has 6 nitrogen and oxygen atoms in total. The van der Waals surface area contributed by atoms with Crippen molar-refractivity contribution < 1.29 is 9.59 Å². The summed E-state index contributed by atoms with van der Waals surface area (Å²) in [5.41, 5.74) is 0.300. The molecular formula is C12H18N4O2. The van der Waals surface area contributed by atoms with Gasteiger partial charge in [-0.05, 0) is 26.1 Å². The van der Waals surface area contributed by atoms with Crippen LogP contribution in [0.3, 0.4) is 0 Å². The van der Waals surface area contributed by atoms with Crippen LogP contribution in [0.1, 0.15) is 17.4 Å². The van der Waals surface area contributed by atoms with Crippen LogP contribution in [0, 0.1) is 0 Å². The lowest BCUT2D eigenvalue weighted by Gasteiger charge is -2.11. The van der Waals surface area contributed by atoms with Crippen LogP contribution in [0.2, 0.25) is 0 Å². The highest BCUT2D eigenvalue weighted by Crippen LogP contribution is 1.91. The maximum atomic E-state index is 11.6. The first-order valence-electron chi connectivity index (χ1n) is 5.76. The van der Waals surface area contributed by atoms with Crippen LogP contribution in [-0.2, 0) is 4.79 Å². The molecule has 2 amide bonds. The highest BCUT2D eigenvalue weighted by atomic mass is 16.2. The van der Waals surface area contributed by atoms with Crippen molar-refractivity contribution in [3.8, 4) is 0 Å². The molecule has 0 radical (unpaired) electrons. The molecular weight excluding hydrogens is 232 g/mol. The number of hydrogen-bond donors (Lipinski definition) is 3. The van der Waals surface area contributed by atoms with Crippen molar-refractivity contribution in [1.82, 2.24) is 20.9 Å². The molecule has 0 aromatic carbocycles. The Balaban J connectivity index is 2.28. The van der Waals surface area contributed by atoms with Crippen molar-refractivity contribution in [1.29, 1.82) is 0 Å². The number of pyridine rings is 1. The van der Waals surface area contributed by atoms with E-state index >= 15 is 0 Å². The summed E-state index contributed by atoms with van der Waals surface area (Å²) in [4.78, 5) is 26.9. The first kappa shape index (κ1) is 14.1. The molecule has 3 N–H and O–H groups in total. The largest absolute Gasteiger partial charge is 0.353 e. The molecule has 1 rings (SSSR count). The SMILES string of the molecule is CNC(C)CNC(=O)CNC(=O)c1ccccn1. The average Bonchev–Trinajstić information content (AvgIpc) is 2.42. The minimum Gasteiger partial charge on any atom is -0.353 e. The molecule has 1 heterocycles. The summed E-state index contributed by atoms with van der Waals surface area (Å²) in [6, 6.07) is 5.23. The lowest BCUT2D eigenvalue weighted by atomic mass is 10.3. The molecule has 0 aliphatic carbocycles. The molecule has 0 aliphatic heterocycles. The number of carbonyl (C=O) groups is 2. The third-order valence-corrected chi connectivity index (χ3v) is 2.41. The van der Waals surface area contributed by atoms with E-state index in [0.717, 1.165) is 0 Å². The van der Waals surface area contributed by atoms with Crippen LogP contribution >= 0.6 is 0 Å². The van der Waals surface area contributed by atoms with Gasteiger partial charge >= 0.3 is 0 Å². The van der Waals surface area contributed by atoms with E-state index in [-0.39, 0.29) is 24.4 Å². The molecule has 0 fully saturated rings. The van der Waals surface area contributed by atoms with Crippen LogP contribution in [0.25, 0.3) is 0 Å². The van der Waals surface area contributed by atoms with Gasteiger partial charge in [0.2, 0.25) is 5.91 Å². The number of nitrogens with zero attached hydrogens (tertiary/aromatic N) is 1. The van der Waals surface area contributed by atoms with E-state index in [0.29, 0.717) is 12.2 Å². The van der Waals surface area contributed by atoms with Gasteiger partial charge in [-0.1, -0.05) is 6.07 Å². The summed E-state index contributed by atoms with van der Waals surface area (Å²) in [6.45, 7) is 2.42. The molecule has 1 aromatic heterocycles. The van der Waals surface area contributed by atoms with Gasteiger partial charge in [0.25, 0.3) is 5.91 Å². The van der Waals surface area contributed by atoms with E-state index < -0.39 is 0 Å². The Morgan fingerprint density at radius 3 is 2.72 bits per heavy atom. The number of carbonyl (C=O) groups excluding carboxylic acids is 2. The molecule has 98 valence electrons. The number of amides is 2. The van der Waals surface area contributed by atoms with Gasteiger partial charge < -0.3 is 16.0 Å². The quantitative estimate of drug-likeness (QED) is 0.638. The minimum atomic E-state index is -0.354. The van der Waals surface area contributed by atoms with E-state index in [2.05, 4.69) is 20.9 Å². The third-order valence-electron chi connectivity index (χ3n) is 2.41. The van der Waals surface area contributed by atoms with Crippen molar-refractivity contribution in [3.63, 3.8) is 0 Å². The van der Waals surface area contributed by atoms with Gasteiger partial charge in [-0.25, -0.2) is 0 Å². The van der Waals surface area contributed by atoms with Crippen LogP contribution in [-0.4, -0.2) is 43.0 Å². The van der Waals surface area contributed by atoms with Gasteiger partial charge in [0.15, 0.2) is 0 Å². The predicted octanol–water partition coefficient (Wildman–Crippen LogP) is -0.464. The zero-order valence-electron chi connectivity index (χ0n) is 10.6. The Morgan fingerprint density at radius 2 is 2.11 bits per heavy atom. The van der Waals surface area contributed by atoms with Crippen LogP contribution in [0.4, 0.5) is 0 Å². The average molecular weight is 250 g/mol. The van der Waals surface area contributed by atoms with Gasteiger partial charge in [-0.2, -0.15) is 0 Å². The molecule has 0 bridgehead atoms. The summed E-state index contributed by atoms with van der Waals surface area (Å²) in [5.74, 6) is -0.575. The Hall–Kier alpha value is -1.95. The normalized spacial score (nSPS) is 11.7. The maximum Gasteiger partial charge on any atom is 0.270 e. The predicted molar refractivity (Wildman–Crippen MR) is 68.1 cm³/mol. The summed E-state index contributed by atoms with van der Waals surface area (Å²) < 4.78 is 0. The van der Waals surface area contributed by atoms with Gasteiger partial charge in [0.05, 0.1) is 6.54 Å². The van der Waals surface area contributed by atoms with Crippen molar-refractivity contribution in [3.05, 3.63) is 30.1 Å². The fourth-order valence-corrected chi connectivity index (χ4v) is 1.18. The summed E-state index contributed by atoms with van der Waals surface area (Å²) in [5, 5.41) is 8.21. The maximum absolute atomic E-state index is 11.6. The molecule has 0 spiro atoms. The highest BCUT2D eigenvalue weighted by molar-refractivity contribution is 5.94. The Kier molecular flexibility index (Phi) is 5.79. The number of hydrogen-bond acceptors (Lipinski definition) is 4. The molecule has 1 atom stereocenters. The molecule has 18 heavy (non-hydrogen) atoms. The first-order valence-corrected chi connectivity index (χ1v) is 5.76. The lowest BCUT2D eigenvalue weighted by molar-refractivity contribution is -0.120. The first-order chi connectivity index (χ1) is 8.63. The lowest BCUT2D eigenvalue weighted by Crippen LogP contribution is -2.42. The molecule has 1 unspecified atom stereocenters. The van der Waals surface area contributed by atoms with Crippen molar-refractivity contribution in [2.75, 3.05) is 20.1 Å². The van der Waals surface area contributed by atoms with Gasteiger partial charge in [0.1, 0.15) is 5.69 Å². The molecule has 1 aromatic rings. The zero-order valence-corrected chi connectivity index (χ0v) is 10.6. The molecule has 0 saturated carbocycles. The van der Waals surface area contributed by atoms with Crippen LogP contribution < -0.4 is 16.0 Å². The van der Waals surface area contributed by atoms with Gasteiger partial charge in [-0.15, -0.1) is 0 Å². The molecule has 0 saturated heterocycles. The smallest absolute Gasteiger partial charge is 0.270 e. The van der Waals surface area contributed by atoms with Gasteiger partial charge in [-0.3, -0.25) is 14.6 Å². The standard InChI is InChI=1S/C12H18N4O2/c1-9(13-2)7-15-11(17)8-16-12(18)10-5-3-4-6-14-10/h3-6,9,13H,7-8H2,1-2H3,(H,15,17)(H,16,18). The molecule has 6 heteroatoms. The van der Waals surface area contributed by atoms with Crippen LogP contribution in [0.15, 0.2) is 24.4 Å². The van der Waals surface area contributed by atoms with Crippen molar-refractivity contribution in [2.24, 2.45) is 0 Å². The number of nitrogens with one attached hydrogen (secondary N) is 3. The Labute approximate surface area is 106 Å². The summed E-state index contributed by atoms with van der Waals surface area (Å²) >= 11 is 0. The van der Waals surface area contributed by atoms with Crippen molar-refractivity contribution >= 4 is 11.8 Å². The van der Waals surface area contributed by atoms with E-state index in [1.165, 1.54) is 6.20 Å². The monoisotopic (exact) mass is 250 g/mol. The Morgan fingerprint density at radius 1 is 1.33 bits per heavy atom. The van der Waals surface area contributed by atoms with Crippen molar-refractivity contribution in [2.45, 2.75) is 13.0 Å². The second kappa shape index (κ2) is 7.39. The fourth-order valence-electron chi connectivity index (χ4n) is 1.18. The molecule has 0 aliphatic rings. The number of aromatic nitrogens is 1. The van der Waals surface area contributed by atoms with E-state index in [4.69, 9.17) is 0 Å². The summed E-state index contributed by atoms with van der Waals surface area (Å²) in [6.07, 6.45) is 1.53. The van der Waals surface area contributed by atoms with Gasteiger partial charge in [0, 0.05) is 18.8 Å². The summed E-state index contributed by atoms with van der Waals surface area (Å²) in [7, 11) is 1.82. The fraction of sp³-hybridized carbons (Fsp3) is 0.417. The topological polar surface area (TPSA) is 83.1 Å². The Bertz CT molecular complexity index is 394. The zero-order chi connectivity index (χ0) is 13.4. The highest BCUT2D eigenvalue weighted by Gasteiger charge is 2.08. The second-order valence-electron chi connectivity index (χ2n) is 3.89. The van der Waals surface area contributed by atoms with E-state index in [1.807, 2.05) is 14.0 Å². The second-order valence-corrected chi connectivity index (χ2v) is 3.89.